The number of nitrogens with two attached hydrogens (primary N) is 1. The van der Waals surface area contributed by atoms with Crippen molar-refractivity contribution in [1.82, 2.24) is 0 Å². The predicted molar refractivity (Wildman–Crippen MR) is 45.9 cm³/mol. The Kier molecular flexibility index (Phi) is 2.96. The van der Waals surface area contributed by atoms with Crippen molar-refractivity contribution in [2.75, 3.05) is 0 Å². The fourth-order valence-electron chi connectivity index (χ4n) is 1.52. The number of carbonyl (C=O) groups is 1. The van der Waals surface area contributed by atoms with Gasteiger partial charge in [-0.3, -0.25) is 0 Å². The van der Waals surface area contributed by atoms with Crippen molar-refractivity contribution < 1.29 is 4.79 Å². The number of primary amides is 1. The highest BCUT2D eigenvalue weighted by Gasteiger charge is 2.32. The van der Waals surface area contributed by atoms with Crippen LogP contribution in [0.1, 0.15) is 32.1 Å². The Labute approximate surface area is 76.6 Å². The summed E-state index contributed by atoms with van der Waals surface area (Å²) in [7, 11) is 0. The van der Waals surface area contributed by atoms with Crippen molar-refractivity contribution in [3.8, 4) is 6.07 Å². The van der Waals surface area contributed by atoms with Gasteiger partial charge in [-0.2, -0.15) is 10.4 Å². The molecule has 0 bridgehead atoms. The number of carbonyl (C=O) groups excluding carboxylic acids is 1. The molecule has 13 heavy (non-hydrogen) atoms. The van der Waals surface area contributed by atoms with Gasteiger partial charge in [0.05, 0.1) is 6.07 Å². The van der Waals surface area contributed by atoms with E-state index in [2.05, 4.69) is 16.3 Å². The molecular weight excluding hydrogens is 168 g/mol. The third-order valence-corrected chi connectivity index (χ3v) is 2.23. The minimum Gasteiger partial charge on any atom is -0.348 e. The van der Waals surface area contributed by atoms with Gasteiger partial charge in [0.1, 0.15) is 0 Å². The summed E-state index contributed by atoms with van der Waals surface area (Å²) in [5.74, 6) is 0. The highest BCUT2D eigenvalue weighted by atomic mass is 16.2. The molecule has 1 fully saturated rings. The van der Waals surface area contributed by atoms with Crippen molar-refractivity contribution in [1.29, 1.82) is 5.26 Å². The molecule has 0 atom stereocenters. The molecule has 0 aliphatic heterocycles. The zero-order valence-electron chi connectivity index (χ0n) is 7.36. The quantitative estimate of drug-likeness (QED) is 0.622. The van der Waals surface area contributed by atoms with Crippen LogP contribution >= 0.6 is 0 Å². The summed E-state index contributed by atoms with van der Waals surface area (Å²) < 4.78 is 0. The highest BCUT2D eigenvalue weighted by Crippen LogP contribution is 2.31. The lowest BCUT2D eigenvalue weighted by molar-refractivity contribution is 0.253. The molecule has 0 radical (unpaired) electrons. The molecule has 0 heterocycles. The summed E-state index contributed by atoms with van der Waals surface area (Å²) >= 11 is 0. The van der Waals surface area contributed by atoms with Crippen molar-refractivity contribution in [2.24, 2.45) is 16.0 Å². The Morgan fingerprint density at radius 2 is 2.00 bits per heavy atom. The van der Waals surface area contributed by atoms with Crippen LogP contribution in [0.15, 0.2) is 10.2 Å². The van der Waals surface area contributed by atoms with E-state index in [1.54, 1.807) is 0 Å². The van der Waals surface area contributed by atoms with Gasteiger partial charge in [0.2, 0.25) is 0 Å². The van der Waals surface area contributed by atoms with Gasteiger partial charge in [0.25, 0.3) is 0 Å². The van der Waals surface area contributed by atoms with E-state index in [1.807, 2.05) is 0 Å². The third kappa shape index (κ3) is 2.51. The lowest BCUT2D eigenvalue weighted by atomic mass is 9.84. The summed E-state index contributed by atoms with van der Waals surface area (Å²) in [6, 6.07) is 1.27. The SMILES string of the molecule is N#CC1(N=NC(N)=O)CCCCC1. The molecule has 1 aliphatic carbocycles. The molecule has 1 rings (SSSR count). The molecule has 70 valence electrons. The van der Waals surface area contributed by atoms with Gasteiger partial charge in [0.15, 0.2) is 5.54 Å². The van der Waals surface area contributed by atoms with Gasteiger partial charge in [0, 0.05) is 0 Å². The minimum absolute atomic E-state index is 0.681. The average Bonchev–Trinajstić information content (AvgIpc) is 2.16. The molecule has 5 nitrogen and oxygen atoms in total. The van der Waals surface area contributed by atoms with Crippen LogP contribution in [0.4, 0.5) is 4.79 Å². The van der Waals surface area contributed by atoms with Gasteiger partial charge in [-0.15, -0.1) is 0 Å². The molecule has 0 saturated heterocycles. The number of nitrogens with zero attached hydrogens (tertiary/aromatic N) is 3. The molecule has 0 aromatic carbocycles. The second kappa shape index (κ2) is 3.99. The number of amides is 2. The first-order valence-electron chi connectivity index (χ1n) is 4.32. The lowest BCUT2D eigenvalue weighted by Gasteiger charge is -2.24. The van der Waals surface area contributed by atoms with Crippen LogP contribution in [0.3, 0.4) is 0 Å². The second-order valence-electron chi connectivity index (χ2n) is 3.24. The van der Waals surface area contributed by atoms with Crippen molar-refractivity contribution in [3.05, 3.63) is 0 Å². The minimum atomic E-state index is -0.833. The molecule has 1 aliphatic rings. The maximum Gasteiger partial charge on any atom is 0.356 e. The van der Waals surface area contributed by atoms with Gasteiger partial charge in [-0.25, -0.2) is 4.79 Å². The van der Waals surface area contributed by atoms with Crippen LogP contribution in [0.2, 0.25) is 0 Å². The van der Waals surface area contributed by atoms with E-state index in [-0.39, 0.29) is 0 Å². The molecule has 2 N–H and O–H groups in total. The topological polar surface area (TPSA) is 91.6 Å². The summed E-state index contributed by atoms with van der Waals surface area (Å²) in [5, 5.41) is 15.9. The van der Waals surface area contributed by atoms with Crippen LogP contribution in [0, 0.1) is 11.3 Å². The third-order valence-electron chi connectivity index (χ3n) is 2.23. The molecule has 1 saturated carbocycles. The van der Waals surface area contributed by atoms with E-state index in [0.29, 0.717) is 12.8 Å². The van der Waals surface area contributed by atoms with E-state index < -0.39 is 11.6 Å². The maximum absolute atomic E-state index is 10.4. The summed E-state index contributed by atoms with van der Waals surface area (Å²) in [5.41, 5.74) is 4.03. The number of azo groups is 1. The van der Waals surface area contributed by atoms with Crippen LogP contribution in [0.25, 0.3) is 0 Å². The van der Waals surface area contributed by atoms with Crippen LogP contribution in [-0.4, -0.2) is 11.6 Å². The smallest absolute Gasteiger partial charge is 0.348 e. The first-order chi connectivity index (χ1) is 6.18. The molecule has 5 heteroatoms. The standard InChI is InChI=1S/C8H12N4O/c9-6-8(12-11-7(10)13)4-2-1-3-5-8/h1-5H2,(H2,10,13). The maximum atomic E-state index is 10.4. The summed E-state index contributed by atoms with van der Waals surface area (Å²) in [6.07, 6.45) is 4.41. The number of hydrogen-bond acceptors (Lipinski definition) is 3. The largest absolute Gasteiger partial charge is 0.356 e. The Balaban J connectivity index is 2.69. The van der Waals surface area contributed by atoms with E-state index in [0.717, 1.165) is 19.3 Å². The molecule has 0 aromatic rings. The van der Waals surface area contributed by atoms with E-state index in [9.17, 15) is 4.79 Å². The molecule has 0 spiro atoms. The highest BCUT2D eigenvalue weighted by molar-refractivity contribution is 5.71. The Morgan fingerprint density at radius 1 is 1.38 bits per heavy atom. The van der Waals surface area contributed by atoms with Gasteiger partial charge >= 0.3 is 6.03 Å². The molecular formula is C8H12N4O. The van der Waals surface area contributed by atoms with E-state index in [1.165, 1.54) is 0 Å². The van der Waals surface area contributed by atoms with Crippen LogP contribution < -0.4 is 5.73 Å². The Bertz CT molecular complexity index is 260. The van der Waals surface area contributed by atoms with E-state index in [4.69, 9.17) is 11.0 Å². The summed E-state index contributed by atoms with van der Waals surface area (Å²) in [4.78, 5) is 10.4. The first kappa shape index (κ1) is 9.65. The normalized spacial score (nSPS) is 21.2. The molecule has 0 aromatic heterocycles. The number of urea groups is 1. The number of nitriles is 1. The number of rotatable bonds is 1. The zero-order valence-corrected chi connectivity index (χ0v) is 7.36. The predicted octanol–water partition coefficient (Wildman–Crippen LogP) is 1.74. The van der Waals surface area contributed by atoms with Crippen LogP contribution in [-0.2, 0) is 0 Å². The van der Waals surface area contributed by atoms with Crippen molar-refractivity contribution in [2.45, 2.75) is 37.6 Å². The lowest BCUT2D eigenvalue weighted by Crippen LogP contribution is -2.27. The molecule has 0 unspecified atom stereocenters. The average molecular weight is 180 g/mol. The fourth-order valence-corrected chi connectivity index (χ4v) is 1.52. The van der Waals surface area contributed by atoms with Crippen molar-refractivity contribution >= 4 is 6.03 Å². The first-order valence-corrected chi connectivity index (χ1v) is 4.32. The van der Waals surface area contributed by atoms with Gasteiger partial charge < -0.3 is 5.73 Å². The number of hydrogen-bond donors (Lipinski definition) is 1. The Hall–Kier alpha value is -1.44. The zero-order chi connectivity index (χ0) is 9.73. The van der Waals surface area contributed by atoms with Crippen LogP contribution in [0.5, 0.6) is 0 Å². The van der Waals surface area contributed by atoms with Gasteiger partial charge in [-0.1, -0.05) is 11.5 Å². The fraction of sp³-hybridized carbons (Fsp3) is 0.750. The second-order valence-corrected chi connectivity index (χ2v) is 3.24. The van der Waals surface area contributed by atoms with Crippen molar-refractivity contribution in [3.63, 3.8) is 0 Å². The Morgan fingerprint density at radius 3 is 2.46 bits per heavy atom. The monoisotopic (exact) mass is 180 g/mol. The van der Waals surface area contributed by atoms with E-state index >= 15 is 0 Å². The van der Waals surface area contributed by atoms with Gasteiger partial charge in [-0.05, 0) is 25.7 Å². The summed E-state index contributed by atoms with van der Waals surface area (Å²) in [6.45, 7) is 0. The molecule has 2 amide bonds.